The molecule has 8 heteroatoms. The molecule has 0 radical (unpaired) electrons. The highest BCUT2D eigenvalue weighted by molar-refractivity contribution is 5.72. The SMILES string of the molecule is COC(=O)C[C@@H]([C@@H]1COC(C)(C)N1C(=O)OC(C)(C)C)N(O)Cc1ccccc1. The largest absolute Gasteiger partial charge is 0.469 e. The first-order chi connectivity index (χ1) is 13.4. The predicted octanol–water partition coefficient (Wildman–Crippen LogP) is 3.18. The summed E-state index contributed by atoms with van der Waals surface area (Å²) in [5.41, 5.74) is -0.775. The van der Waals surface area contributed by atoms with Gasteiger partial charge in [-0.15, -0.1) is 0 Å². The molecule has 0 bridgehead atoms. The van der Waals surface area contributed by atoms with Crippen LogP contribution in [0.15, 0.2) is 30.3 Å². The first kappa shape index (κ1) is 23.1. The summed E-state index contributed by atoms with van der Waals surface area (Å²) < 4.78 is 16.2. The van der Waals surface area contributed by atoms with Gasteiger partial charge in [0.15, 0.2) is 0 Å². The molecule has 1 aromatic rings. The molecule has 1 aliphatic heterocycles. The Morgan fingerprint density at radius 2 is 1.93 bits per heavy atom. The van der Waals surface area contributed by atoms with Crippen molar-refractivity contribution < 1.29 is 29.0 Å². The van der Waals surface area contributed by atoms with Gasteiger partial charge in [0.05, 0.1) is 32.2 Å². The summed E-state index contributed by atoms with van der Waals surface area (Å²) in [6, 6.07) is 8.03. The maximum Gasteiger partial charge on any atom is 0.412 e. The number of benzene rings is 1. The minimum Gasteiger partial charge on any atom is -0.469 e. The molecule has 0 spiro atoms. The Morgan fingerprint density at radius 1 is 1.31 bits per heavy atom. The van der Waals surface area contributed by atoms with Crippen molar-refractivity contribution in [2.75, 3.05) is 13.7 Å². The fourth-order valence-electron chi connectivity index (χ4n) is 3.36. The quantitative estimate of drug-likeness (QED) is 0.571. The van der Waals surface area contributed by atoms with Gasteiger partial charge in [-0.2, -0.15) is 5.06 Å². The number of rotatable bonds is 6. The lowest BCUT2D eigenvalue weighted by Gasteiger charge is -2.39. The second-order valence-electron chi connectivity index (χ2n) is 8.61. The van der Waals surface area contributed by atoms with Gasteiger partial charge in [0.1, 0.15) is 11.3 Å². The lowest BCUT2D eigenvalue weighted by atomic mass is 10.0. The number of hydrogen-bond acceptors (Lipinski definition) is 7. The number of hydrogen-bond donors (Lipinski definition) is 1. The van der Waals surface area contributed by atoms with E-state index in [0.29, 0.717) is 0 Å². The van der Waals surface area contributed by atoms with E-state index in [0.717, 1.165) is 10.6 Å². The summed E-state index contributed by atoms with van der Waals surface area (Å²) >= 11 is 0. The van der Waals surface area contributed by atoms with Gasteiger partial charge in [-0.3, -0.25) is 9.69 Å². The normalized spacial score (nSPS) is 19.9. The van der Waals surface area contributed by atoms with E-state index >= 15 is 0 Å². The van der Waals surface area contributed by atoms with Gasteiger partial charge in [0.25, 0.3) is 0 Å². The van der Waals surface area contributed by atoms with Crippen molar-refractivity contribution in [3.05, 3.63) is 35.9 Å². The topological polar surface area (TPSA) is 88.5 Å². The van der Waals surface area contributed by atoms with E-state index in [1.807, 2.05) is 30.3 Å². The predicted molar refractivity (Wildman–Crippen MR) is 106 cm³/mol. The second-order valence-corrected chi connectivity index (χ2v) is 8.61. The molecule has 1 N–H and O–H groups in total. The van der Waals surface area contributed by atoms with Crippen LogP contribution in [-0.2, 0) is 25.5 Å². The van der Waals surface area contributed by atoms with Crippen LogP contribution in [0.25, 0.3) is 0 Å². The van der Waals surface area contributed by atoms with Crippen LogP contribution in [0.4, 0.5) is 4.79 Å². The van der Waals surface area contributed by atoms with Crippen molar-refractivity contribution in [3.63, 3.8) is 0 Å². The Hall–Kier alpha value is -2.16. The van der Waals surface area contributed by atoms with Gasteiger partial charge in [0, 0.05) is 6.54 Å². The van der Waals surface area contributed by atoms with E-state index in [1.54, 1.807) is 34.6 Å². The van der Waals surface area contributed by atoms with Crippen LogP contribution in [0.2, 0.25) is 0 Å². The monoisotopic (exact) mass is 408 g/mol. The summed E-state index contributed by atoms with van der Waals surface area (Å²) in [5, 5.41) is 11.9. The van der Waals surface area contributed by atoms with E-state index in [2.05, 4.69) is 0 Å². The average molecular weight is 408 g/mol. The molecule has 1 heterocycles. The molecule has 0 aliphatic carbocycles. The summed E-state index contributed by atoms with van der Waals surface area (Å²) in [5.74, 6) is -0.490. The molecule has 2 atom stereocenters. The lowest BCUT2D eigenvalue weighted by molar-refractivity contribution is -0.167. The smallest absolute Gasteiger partial charge is 0.412 e. The van der Waals surface area contributed by atoms with Crippen LogP contribution < -0.4 is 0 Å². The van der Waals surface area contributed by atoms with Gasteiger partial charge in [-0.25, -0.2) is 4.79 Å². The Labute approximate surface area is 172 Å². The van der Waals surface area contributed by atoms with E-state index in [9.17, 15) is 14.8 Å². The summed E-state index contributed by atoms with van der Waals surface area (Å²) in [4.78, 5) is 26.5. The molecule has 1 aliphatic rings. The number of ether oxygens (including phenoxy) is 3. The zero-order chi connectivity index (χ0) is 21.8. The van der Waals surface area contributed by atoms with Gasteiger partial charge < -0.3 is 19.4 Å². The zero-order valence-electron chi connectivity index (χ0n) is 18.0. The highest BCUT2D eigenvalue weighted by Gasteiger charge is 2.50. The molecule has 1 saturated heterocycles. The van der Waals surface area contributed by atoms with Crippen LogP contribution in [-0.4, -0.2) is 64.4 Å². The molecule has 8 nitrogen and oxygen atoms in total. The fourth-order valence-corrected chi connectivity index (χ4v) is 3.36. The number of carbonyl (C=O) groups excluding carboxylic acids is 2. The minimum atomic E-state index is -0.949. The molecule has 162 valence electrons. The van der Waals surface area contributed by atoms with Crippen molar-refractivity contribution >= 4 is 12.1 Å². The van der Waals surface area contributed by atoms with Crippen molar-refractivity contribution in [2.45, 2.75) is 71.0 Å². The summed E-state index contributed by atoms with van der Waals surface area (Å²) in [7, 11) is 1.29. The maximum absolute atomic E-state index is 12.9. The Morgan fingerprint density at radius 3 is 2.48 bits per heavy atom. The molecular weight excluding hydrogens is 376 g/mol. The Kier molecular flexibility index (Phi) is 7.26. The van der Waals surface area contributed by atoms with Crippen LogP contribution in [0.1, 0.15) is 46.6 Å². The van der Waals surface area contributed by atoms with Gasteiger partial charge >= 0.3 is 12.1 Å². The molecule has 1 amide bonds. The van der Waals surface area contributed by atoms with Gasteiger partial charge in [0.2, 0.25) is 0 Å². The number of hydroxylamine groups is 2. The van der Waals surface area contributed by atoms with Crippen LogP contribution in [0.3, 0.4) is 0 Å². The fraction of sp³-hybridized carbons (Fsp3) is 0.619. The zero-order valence-corrected chi connectivity index (χ0v) is 18.0. The first-order valence-electron chi connectivity index (χ1n) is 9.67. The van der Waals surface area contributed by atoms with E-state index in [1.165, 1.54) is 12.0 Å². The van der Waals surface area contributed by atoms with Crippen molar-refractivity contribution in [3.8, 4) is 0 Å². The number of amides is 1. The average Bonchev–Trinajstić information content (AvgIpc) is 2.93. The third-order valence-corrected chi connectivity index (χ3v) is 4.73. The number of nitrogens with zero attached hydrogens (tertiary/aromatic N) is 2. The first-order valence-corrected chi connectivity index (χ1v) is 9.67. The van der Waals surface area contributed by atoms with Crippen molar-refractivity contribution in [1.82, 2.24) is 9.96 Å². The molecule has 1 fully saturated rings. The third kappa shape index (κ3) is 6.16. The van der Waals surface area contributed by atoms with Crippen LogP contribution >= 0.6 is 0 Å². The van der Waals surface area contributed by atoms with Crippen molar-refractivity contribution in [1.29, 1.82) is 0 Å². The van der Waals surface area contributed by atoms with Crippen LogP contribution in [0, 0.1) is 0 Å². The molecule has 0 saturated carbocycles. The molecular formula is C21H32N2O6. The second kappa shape index (κ2) is 9.11. The summed E-state index contributed by atoms with van der Waals surface area (Å²) in [6.07, 6.45) is -0.670. The standard InChI is InChI=1S/C21H32N2O6/c1-20(2,3)29-19(25)23-17(14-28-21(23,4)5)16(12-18(24)27-6)22(26)13-15-10-8-7-9-11-15/h7-11,16-17,26H,12-14H2,1-6H3/t16-,17-/m0/s1. The Balaban J connectivity index is 2.31. The molecule has 0 aromatic heterocycles. The van der Waals surface area contributed by atoms with Gasteiger partial charge in [-0.1, -0.05) is 30.3 Å². The molecule has 0 unspecified atom stereocenters. The van der Waals surface area contributed by atoms with E-state index in [4.69, 9.17) is 14.2 Å². The highest BCUT2D eigenvalue weighted by atomic mass is 16.6. The lowest BCUT2D eigenvalue weighted by Crippen LogP contribution is -2.57. The molecule has 29 heavy (non-hydrogen) atoms. The highest BCUT2D eigenvalue weighted by Crippen LogP contribution is 2.33. The Bertz CT molecular complexity index is 701. The van der Waals surface area contributed by atoms with E-state index < -0.39 is 35.5 Å². The number of esters is 1. The summed E-state index contributed by atoms with van der Waals surface area (Å²) in [6.45, 7) is 9.19. The maximum atomic E-state index is 12.9. The van der Waals surface area contributed by atoms with Crippen LogP contribution in [0.5, 0.6) is 0 Å². The van der Waals surface area contributed by atoms with E-state index in [-0.39, 0.29) is 19.6 Å². The third-order valence-electron chi connectivity index (χ3n) is 4.73. The number of carbonyl (C=O) groups is 2. The van der Waals surface area contributed by atoms with Gasteiger partial charge in [-0.05, 0) is 40.2 Å². The molecule has 2 rings (SSSR count). The molecule has 1 aromatic carbocycles. The number of methoxy groups -OCH3 is 1. The minimum absolute atomic E-state index is 0.108. The van der Waals surface area contributed by atoms with Crippen molar-refractivity contribution in [2.24, 2.45) is 0 Å².